The number of hydrogen-bond donors (Lipinski definition) is 1. The SMILES string of the molecule is CC(C)C1(C(=O)N(C)CC2CCCN2C)CCNC1. The van der Waals surface area contributed by atoms with E-state index in [1.54, 1.807) is 0 Å². The Morgan fingerprint density at radius 1 is 1.53 bits per heavy atom. The predicted molar refractivity (Wildman–Crippen MR) is 78.0 cm³/mol. The van der Waals surface area contributed by atoms with Crippen LogP contribution in [0.3, 0.4) is 0 Å². The predicted octanol–water partition coefficient (Wildman–Crippen LogP) is 1.17. The average Bonchev–Trinajstić information content (AvgIpc) is 2.99. The Morgan fingerprint density at radius 2 is 2.26 bits per heavy atom. The number of rotatable bonds is 4. The van der Waals surface area contributed by atoms with Crippen LogP contribution in [0, 0.1) is 11.3 Å². The lowest BCUT2D eigenvalue weighted by atomic mass is 9.75. The summed E-state index contributed by atoms with van der Waals surface area (Å²) in [5, 5.41) is 3.37. The highest BCUT2D eigenvalue weighted by molar-refractivity contribution is 5.83. The van der Waals surface area contributed by atoms with Crippen molar-refractivity contribution >= 4 is 5.91 Å². The zero-order valence-corrected chi connectivity index (χ0v) is 12.9. The number of likely N-dealkylation sites (N-methyl/N-ethyl adjacent to an activating group) is 2. The molecule has 2 aliphatic heterocycles. The van der Waals surface area contributed by atoms with Crippen LogP contribution in [0.4, 0.5) is 0 Å². The van der Waals surface area contributed by atoms with Gasteiger partial charge in [0.15, 0.2) is 0 Å². The molecular weight excluding hydrogens is 238 g/mol. The summed E-state index contributed by atoms with van der Waals surface area (Å²) in [5.74, 6) is 0.742. The lowest BCUT2D eigenvalue weighted by Gasteiger charge is -2.36. The van der Waals surface area contributed by atoms with Crippen LogP contribution in [0.2, 0.25) is 0 Å². The van der Waals surface area contributed by atoms with Gasteiger partial charge in [-0.1, -0.05) is 13.8 Å². The first-order valence-corrected chi connectivity index (χ1v) is 7.64. The van der Waals surface area contributed by atoms with Gasteiger partial charge in [0.1, 0.15) is 0 Å². The van der Waals surface area contributed by atoms with E-state index in [1.807, 2.05) is 11.9 Å². The summed E-state index contributed by atoms with van der Waals surface area (Å²) in [5.41, 5.74) is -0.175. The minimum absolute atomic E-state index is 0.175. The van der Waals surface area contributed by atoms with Crippen molar-refractivity contribution in [2.45, 2.75) is 39.2 Å². The Labute approximate surface area is 117 Å². The molecule has 2 heterocycles. The monoisotopic (exact) mass is 267 g/mol. The molecule has 0 aromatic rings. The van der Waals surface area contributed by atoms with E-state index in [2.05, 4.69) is 31.1 Å². The minimum atomic E-state index is -0.175. The molecule has 0 saturated carbocycles. The van der Waals surface area contributed by atoms with Crippen molar-refractivity contribution in [1.82, 2.24) is 15.1 Å². The maximum absolute atomic E-state index is 12.9. The maximum atomic E-state index is 12.9. The van der Waals surface area contributed by atoms with Crippen molar-refractivity contribution in [1.29, 1.82) is 0 Å². The van der Waals surface area contributed by atoms with Gasteiger partial charge < -0.3 is 15.1 Å². The van der Waals surface area contributed by atoms with Crippen LogP contribution in [-0.2, 0) is 4.79 Å². The van der Waals surface area contributed by atoms with Crippen LogP contribution < -0.4 is 5.32 Å². The van der Waals surface area contributed by atoms with Gasteiger partial charge in [0, 0.05) is 26.2 Å². The van der Waals surface area contributed by atoms with Crippen LogP contribution in [0.1, 0.15) is 33.1 Å². The van der Waals surface area contributed by atoms with Crippen LogP contribution in [0.25, 0.3) is 0 Å². The van der Waals surface area contributed by atoms with Crippen LogP contribution >= 0.6 is 0 Å². The summed E-state index contributed by atoms with van der Waals surface area (Å²) in [6.45, 7) is 8.23. The number of nitrogens with zero attached hydrogens (tertiary/aromatic N) is 2. The summed E-state index contributed by atoms with van der Waals surface area (Å²) < 4.78 is 0. The maximum Gasteiger partial charge on any atom is 0.230 e. The van der Waals surface area contributed by atoms with Crippen LogP contribution in [0.5, 0.6) is 0 Å². The molecule has 4 nitrogen and oxygen atoms in total. The molecule has 110 valence electrons. The zero-order chi connectivity index (χ0) is 14.0. The zero-order valence-electron chi connectivity index (χ0n) is 12.9. The van der Waals surface area contributed by atoms with E-state index in [0.717, 1.165) is 26.1 Å². The quantitative estimate of drug-likeness (QED) is 0.831. The van der Waals surface area contributed by atoms with Gasteiger partial charge in [-0.05, 0) is 45.3 Å². The Balaban J connectivity index is 2.01. The normalized spacial score (nSPS) is 32.2. The molecule has 0 aromatic carbocycles. The van der Waals surface area contributed by atoms with Gasteiger partial charge in [0.25, 0.3) is 0 Å². The number of carbonyl (C=O) groups is 1. The second kappa shape index (κ2) is 5.80. The van der Waals surface area contributed by atoms with Gasteiger partial charge in [-0.3, -0.25) is 4.79 Å². The smallest absolute Gasteiger partial charge is 0.230 e. The number of likely N-dealkylation sites (tertiary alicyclic amines) is 1. The van der Waals surface area contributed by atoms with Gasteiger partial charge in [0.2, 0.25) is 5.91 Å². The second-order valence-electron chi connectivity index (χ2n) is 6.70. The van der Waals surface area contributed by atoms with Crippen molar-refractivity contribution < 1.29 is 4.79 Å². The molecule has 2 rings (SSSR count). The fraction of sp³-hybridized carbons (Fsp3) is 0.933. The molecule has 2 fully saturated rings. The fourth-order valence-corrected chi connectivity index (χ4v) is 3.62. The molecule has 1 amide bonds. The molecule has 4 heteroatoms. The summed E-state index contributed by atoms with van der Waals surface area (Å²) in [6.07, 6.45) is 3.47. The number of hydrogen-bond acceptors (Lipinski definition) is 3. The van der Waals surface area contributed by atoms with E-state index in [0.29, 0.717) is 17.9 Å². The molecule has 2 atom stereocenters. The molecule has 2 aliphatic rings. The molecule has 19 heavy (non-hydrogen) atoms. The van der Waals surface area contributed by atoms with Crippen LogP contribution in [-0.4, -0.2) is 62.0 Å². The van der Waals surface area contributed by atoms with E-state index < -0.39 is 0 Å². The van der Waals surface area contributed by atoms with E-state index in [1.165, 1.54) is 19.4 Å². The average molecular weight is 267 g/mol. The highest BCUT2D eigenvalue weighted by Crippen LogP contribution is 2.36. The van der Waals surface area contributed by atoms with Crippen molar-refractivity contribution in [3.05, 3.63) is 0 Å². The number of nitrogens with one attached hydrogen (secondary N) is 1. The van der Waals surface area contributed by atoms with Gasteiger partial charge >= 0.3 is 0 Å². The fourth-order valence-electron chi connectivity index (χ4n) is 3.62. The molecule has 0 radical (unpaired) electrons. The standard InChI is InChI=1S/C15H29N3O/c1-12(2)15(7-8-16-11-15)14(19)18(4)10-13-6-5-9-17(13)3/h12-13,16H,5-11H2,1-4H3. The van der Waals surface area contributed by atoms with E-state index in [9.17, 15) is 4.79 Å². The lowest BCUT2D eigenvalue weighted by molar-refractivity contribution is -0.142. The molecular formula is C15H29N3O. The first kappa shape index (κ1) is 14.8. The Hall–Kier alpha value is -0.610. The van der Waals surface area contributed by atoms with Crippen LogP contribution in [0.15, 0.2) is 0 Å². The van der Waals surface area contributed by atoms with Crippen molar-refractivity contribution in [3.63, 3.8) is 0 Å². The molecule has 0 bridgehead atoms. The third-order valence-corrected chi connectivity index (χ3v) is 5.22. The third kappa shape index (κ3) is 2.79. The van der Waals surface area contributed by atoms with Gasteiger partial charge in [0.05, 0.1) is 5.41 Å². The summed E-state index contributed by atoms with van der Waals surface area (Å²) in [7, 11) is 4.16. The summed E-state index contributed by atoms with van der Waals surface area (Å²) >= 11 is 0. The van der Waals surface area contributed by atoms with E-state index in [4.69, 9.17) is 0 Å². The van der Waals surface area contributed by atoms with E-state index in [-0.39, 0.29) is 5.41 Å². The first-order valence-electron chi connectivity index (χ1n) is 7.64. The van der Waals surface area contributed by atoms with Crippen molar-refractivity contribution in [2.75, 3.05) is 40.3 Å². The largest absolute Gasteiger partial charge is 0.344 e. The molecule has 0 spiro atoms. The molecule has 2 saturated heterocycles. The number of carbonyl (C=O) groups excluding carboxylic acids is 1. The second-order valence-corrected chi connectivity index (χ2v) is 6.70. The lowest BCUT2D eigenvalue weighted by Crippen LogP contribution is -2.49. The Bertz CT molecular complexity index is 323. The molecule has 1 N–H and O–H groups in total. The molecule has 2 unspecified atom stereocenters. The summed E-state index contributed by atoms with van der Waals surface area (Å²) in [6, 6.07) is 0.549. The van der Waals surface area contributed by atoms with Crippen molar-refractivity contribution in [3.8, 4) is 0 Å². The highest BCUT2D eigenvalue weighted by Gasteiger charge is 2.45. The molecule has 0 aliphatic carbocycles. The van der Waals surface area contributed by atoms with Gasteiger partial charge in [-0.2, -0.15) is 0 Å². The Kier molecular flexibility index (Phi) is 4.51. The topological polar surface area (TPSA) is 35.6 Å². The van der Waals surface area contributed by atoms with Gasteiger partial charge in [-0.25, -0.2) is 0 Å². The molecule has 0 aromatic heterocycles. The third-order valence-electron chi connectivity index (χ3n) is 5.22. The number of amides is 1. The van der Waals surface area contributed by atoms with E-state index >= 15 is 0 Å². The van der Waals surface area contributed by atoms with Gasteiger partial charge in [-0.15, -0.1) is 0 Å². The summed E-state index contributed by atoms with van der Waals surface area (Å²) in [4.78, 5) is 17.2. The highest BCUT2D eigenvalue weighted by atomic mass is 16.2. The van der Waals surface area contributed by atoms with Crippen molar-refractivity contribution in [2.24, 2.45) is 11.3 Å². The Morgan fingerprint density at radius 3 is 2.74 bits per heavy atom. The first-order chi connectivity index (χ1) is 8.97. The minimum Gasteiger partial charge on any atom is -0.344 e.